The summed E-state index contributed by atoms with van der Waals surface area (Å²) in [4.78, 5) is 24.7. The second-order valence-corrected chi connectivity index (χ2v) is 6.08. The van der Waals surface area contributed by atoms with E-state index < -0.39 is 5.91 Å². The van der Waals surface area contributed by atoms with E-state index >= 15 is 0 Å². The van der Waals surface area contributed by atoms with Crippen LogP contribution in [0, 0.1) is 25.2 Å². The van der Waals surface area contributed by atoms with Crippen molar-refractivity contribution in [3.63, 3.8) is 0 Å². The van der Waals surface area contributed by atoms with Gasteiger partial charge in [0, 0.05) is 32.4 Å². The van der Waals surface area contributed by atoms with Crippen LogP contribution in [0.25, 0.3) is 0 Å². The molecule has 2 N–H and O–H groups in total. The Hall–Kier alpha value is -3.14. The van der Waals surface area contributed by atoms with E-state index in [1.54, 1.807) is 18.3 Å². The standard InChI is InChI=1S/C18H20N6O/c1-12-10-16(22-13(2)15(12)11-19)23-6-8-24(9-7-23)18-14(17(20)25)4-3-5-21-18/h3-5,10H,6-9H2,1-2H3,(H2,20,25). The highest BCUT2D eigenvalue weighted by Crippen LogP contribution is 2.23. The summed E-state index contributed by atoms with van der Waals surface area (Å²) < 4.78 is 0. The number of primary amides is 1. The van der Waals surface area contributed by atoms with Gasteiger partial charge in [0.2, 0.25) is 0 Å². The van der Waals surface area contributed by atoms with Crippen LogP contribution in [0.3, 0.4) is 0 Å². The first-order chi connectivity index (χ1) is 12.0. The minimum Gasteiger partial charge on any atom is -0.365 e. The Morgan fingerprint density at radius 2 is 1.92 bits per heavy atom. The molecule has 128 valence electrons. The molecule has 0 radical (unpaired) electrons. The predicted octanol–water partition coefficient (Wildman–Crippen LogP) is 1.39. The zero-order valence-corrected chi connectivity index (χ0v) is 14.4. The van der Waals surface area contributed by atoms with Gasteiger partial charge in [0.15, 0.2) is 0 Å². The van der Waals surface area contributed by atoms with Crippen LogP contribution < -0.4 is 15.5 Å². The third-order valence-corrected chi connectivity index (χ3v) is 4.45. The highest BCUT2D eigenvalue weighted by atomic mass is 16.1. The number of nitrogens with zero attached hydrogens (tertiary/aromatic N) is 5. The van der Waals surface area contributed by atoms with E-state index in [-0.39, 0.29) is 0 Å². The fourth-order valence-corrected chi connectivity index (χ4v) is 3.13. The first kappa shape index (κ1) is 16.7. The average Bonchev–Trinajstić information content (AvgIpc) is 2.61. The van der Waals surface area contributed by atoms with Crippen molar-refractivity contribution in [1.29, 1.82) is 5.26 Å². The average molecular weight is 336 g/mol. The number of hydrogen-bond acceptors (Lipinski definition) is 6. The highest BCUT2D eigenvalue weighted by molar-refractivity contribution is 5.97. The van der Waals surface area contributed by atoms with Gasteiger partial charge in [-0.2, -0.15) is 5.26 Å². The molecule has 0 atom stereocenters. The molecule has 25 heavy (non-hydrogen) atoms. The second kappa shape index (κ2) is 6.77. The van der Waals surface area contributed by atoms with Gasteiger partial charge in [0.25, 0.3) is 5.91 Å². The number of nitriles is 1. The molecule has 3 heterocycles. The lowest BCUT2D eigenvalue weighted by Gasteiger charge is -2.36. The molecule has 1 saturated heterocycles. The fraction of sp³-hybridized carbons (Fsp3) is 0.333. The molecule has 3 rings (SSSR count). The summed E-state index contributed by atoms with van der Waals surface area (Å²) in [6.45, 7) is 6.74. The van der Waals surface area contributed by atoms with Gasteiger partial charge in [-0.25, -0.2) is 9.97 Å². The Morgan fingerprint density at radius 1 is 1.24 bits per heavy atom. The van der Waals surface area contributed by atoms with Crippen molar-refractivity contribution in [2.45, 2.75) is 13.8 Å². The molecule has 1 aliphatic heterocycles. The summed E-state index contributed by atoms with van der Waals surface area (Å²) in [6, 6.07) is 7.57. The maximum absolute atomic E-state index is 11.6. The number of aromatic nitrogens is 2. The molecule has 0 aromatic carbocycles. The first-order valence-electron chi connectivity index (χ1n) is 8.14. The molecule has 7 heteroatoms. The van der Waals surface area contributed by atoms with Crippen molar-refractivity contribution >= 4 is 17.5 Å². The summed E-state index contributed by atoms with van der Waals surface area (Å²) in [7, 11) is 0. The summed E-state index contributed by atoms with van der Waals surface area (Å²) in [6.07, 6.45) is 1.67. The quantitative estimate of drug-likeness (QED) is 0.909. The molecule has 1 amide bonds. The third kappa shape index (κ3) is 3.24. The Balaban J connectivity index is 1.77. The summed E-state index contributed by atoms with van der Waals surface area (Å²) in [5.74, 6) is 1.05. The Morgan fingerprint density at radius 3 is 2.52 bits per heavy atom. The van der Waals surface area contributed by atoms with Crippen molar-refractivity contribution in [2.75, 3.05) is 36.0 Å². The van der Waals surface area contributed by atoms with E-state index in [0.717, 1.165) is 43.3 Å². The van der Waals surface area contributed by atoms with Crippen molar-refractivity contribution in [1.82, 2.24) is 9.97 Å². The van der Waals surface area contributed by atoms with E-state index in [1.165, 1.54) is 0 Å². The molecule has 0 saturated carbocycles. The van der Waals surface area contributed by atoms with Crippen molar-refractivity contribution < 1.29 is 4.79 Å². The minimum atomic E-state index is -0.467. The monoisotopic (exact) mass is 336 g/mol. The largest absolute Gasteiger partial charge is 0.365 e. The number of nitrogens with two attached hydrogens (primary N) is 1. The molecule has 2 aromatic heterocycles. The lowest BCUT2D eigenvalue weighted by atomic mass is 10.1. The number of piperazine rings is 1. The number of amides is 1. The lowest BCUT2D eigenvalue weighted by molar-refractivity contribution is 0.100. The van der Waals surface area contributed by atoms with Crippen LogP contribution in [0.5, 0.6) is 0 Å². The van der Waals surface area contributed by atoms with E-state index in [9.17, 15) is 10.1 Å². The molecule has 1 fully saturated rings. The molecular weight excluding hydrogens is 316 g/mol. The summed E-state index contributed by atoms with van der Waals surface area (Å²) >= 11 is 0. The summed E-state index contributed by atoms with van der Waals surface area (Å²) in [5.41, 5.74) is 8.22. The smallest absolute Gasteiger partial charge is 0.252 e. The van der Waals surface area contributed by atoms with Crippen molar-refractivity contribution in [2.24, 2.45) is 5.73 Å². The van der Waals surface area contributed by atoms with Crippen molar-refractivity contribution in [3.05, 3.63) is 46.8 Å². The van der Waals surface area contributed by atoms with Crippen molar-refractivity contribution in [3.8, 4) is 6.07 Å². The normalized spacial score (nSPS) is 14.3. The Labute approximate surface area is 146 Å². The highest BCUT2D eigenvalue weighted by Gasteiger charge is 2.23. The number of carbonyl (C=O) groups is 1. The van der Waals surface area contributed by atoms with Crippen LogP contribution in [0.4, 0.5) is 11.6 Å². The van der Waals surface area contributed by atoms with Gasteiger partial charge >= 0.3 is 0 Å². The minimum absolute atomic E-state index is 0.444. The predicted molar refractivity (Wildman–Crippen MR) is 95.6 cm³/mol. The number of rotatable bonds is 3. The molecule has 0 aliphatic carbocycles. The van der Waals surface area contributed by atoms with E-state index in [0.29, 0.717) is 16.9 Å². The fourth-order valence-electron chi connectivity index (χ4n) is 3.13. The second-order valence-electron chi connectivity index (χ2n) is 6.08. The Bertz CT molecular complexity index is 826. The summed E-state index contributed by atoms with van der Waals surface area (Å²) in [5, 5.41) is 9.18. The van der Waals surface area contributed by atoms with Crippen LogP contribution in [0.15, 0.2) is 24.4 Å². The van der Waals surface area contributed by atoms with Crippen LogP contribution in [0.2, 0.25) is 0 Å². The van der Waals surface area contributed by atoms with Gasteiger partial charge in [-0.15, -0.1) is 0 Å². The molecule has 1 aliphatic rings. The lowest BCUT2D eigenvalue weighted by Crippen LogP contribution is -2.47. The molecule has 2 aromatic rings. The molecule has 0 unspecified atom stereocenters. The molecule has 7 nitrogen and oxygen atoms in total. The zero-order chi connectivity index (χ0) is 18.0. The third-order valence-electron chi connectivity index (χ3n) is 4.45. The number of carbonyl (C=O) groups excluding carboxylic acids is 1. The van der Waals surface area contributed by atoms with Crippen LogP contribution >= 0.6 is 0 Å². The first-order valence-corrected chi connectivity index (χ1v) is 8.14. The van der Waals surface area contributed by atoms with Gasteiger partial charge in [-0.05, 0) is 37.6 Å². The topological polar surface area (TPSA) is 99.1 Å². The van der Waals surface area contributed by atoms with E-state index in [2.05, 4.69) is 25.8 Å². The van der Waals surface area contributed by atoms with Crippen LogP contribution in [-0.2, 0) is 0 Å². The van der Waals surface area contributed by atoms with Gasteiger partial charge < -0.3 is 15.5 Å². The van der Waals surface area contributed by atoms with E-state index in [4.69, 9.17) is 5.73 Å². The maximum Gasteiger partial charge on any atom is 0.252 e. The van der Waals surface area contributed by atoms with Crippen LogP contribution in [-0.4, -0.2) is 42.1 Å². The van der Waals surface area contributed by atoms with Gasteiger partial charge in [-0.3, -0.25) is 4.79 Å². The van der Waals surface area contributed by atoms with Gasteiger partial charge in [-0.1, -0.05) is 0 Å². The van der Waals surface area contributed by atoms with Crippen LogP contribution in [0.1, 0.15) is 27.2 Å². The molecular formula is C18H20N6O. The zero-order valence-electron chi connectivity index (χ0n) is 14.4. The van der Waals surface area contributed by atoms with Gasteiger partial charge in [0.1, 0.15) is 17.7 Å². The number of aryl methyl sites for hydroxylation is 2. The molecule has 0 spiro atoms. The Kier molecular flexibility index (Phi) is 4.52. The maximum atomic E-state index is 11.6. The number of anilines is 2. The van der Waals surface area contributed by atoms with Gasteiger partial charge in [0.05, 0.1) is 16.8 Å². The molecule has 0 bridgehead atoms. The van der Waals surface area contributed by atoms with E-state index in [1.807, 2.05) is 19.9 Å². The number of pyridine rings is 2. The number of hydrogen-bond donors (Lipinski definition) is 1. The SMILES string of the molecule is Cc1cc(N2CCN(c3ncccc3C(N)=O)CC2)nc(C)c1C#N.